The lowest BCUT2D eigenvalue weighted by molar-refractivity contribution is 0.396. The number of rotatable bonds is 2. The first-order chi connectivity index (χ1) is 5.59. The molecule has 0 radical (unpaired) electrons. The van der Waals surface area contributed by atoms with Gasteiger partial charge in [-0.1, -0.05) is 6.58 Å². The van der Waals surface area contributed by atoms with Gasteiger partial charge in [0.25, 0.3) is 0 Å². The van der Waals surface area contributed by atoms with Gasteiger partial charge in [0.05, 0.1) is 5.76 Å². The minimum Gasteiger partial charge on any atom is -0.459 e. The van der Waals surface area contributed by atoms with Crippen molar-refractivity contribution in [1.82, 2.24) is 0 Å². The average Bonchev–Trinajstić information content (AvgIpc) is 1.96. The summed E-state index contributed by atoms with van der Waals surface area (Å²) >= 11 is 0. The molecule has 12 heavy (non-hydrogen) atoms. The predicted octanol–water partition coefficient (Wildman–Crippen LogP) is 2.88. The Kier molecular flexibility index (Phi) is 2.43. The average molecular weight is 170 g/mol. The van der Waals surface area contributed by atoms with Crippen molar-refractivity contribution >= 4 is 0 Å². The van der Waals surface area contributed by atoms with E-state index >= 15 is 0 Å². The monoisotopic (exact) mass is 170 g/mol. The molecule has 0 aromatic heterocycles. The number of benzene rings is 1. The van der Waals surface area contributed by atoms with E-state index < -0.39 is 11.6 Å². The van der Waals surface area contributed by atoms with Crippen LogP contribution in [0.3, 0.4) is 0 Å². The molecule has 3 heteroatoms. The molecular weight excluding hydrogens is 162 g/mol. The first-order valence-corrected chi connectivity index (χ1v) is 3.38. The highest BCUT2D eigenvalue weighted by molar-refractivity contribution is 5.26. The summed E-state index contributed by atoms with van der Waals surface area (Å²) in [6, 6.07) is 3.01. The summed E-state index contributed by atoms with van der Waals surface area (Å²) in [5.74, 6) is -0.950. The molecule has 1 aromatic rings. The lowest BCUT2D eigenvalue weighted by Gasteiger charge is -2.04. The fourth-order valence-electron chi connectivity index (χ4n) is 0.743. The normalized spacial score (nSPS) is 9.58. The summed E-state index contributed by atoms with van der Waals surface area (Å²) in [5, 5.41) is 0. The molecule has 0 N–H and O–H groups in total. The van der Waals surface area contributed by atoms with E-state index in [1.165, 1.54) is 0 Å². The Morgan fingerprint density at radius 3 is 2.67 bits per heavy atom. The van der Waals surface area contributed by atoms with Gasteiger partial charge in [-0.2, -0.15) is 0 Å². The van der Waals surface area contributed by atoms with Gasteiger partial charge >= 0.3 is 0 Å². The van der Waals surface area contributed by atoms with Crippen LogP contribution < -0.4 is 4.74 Å². The van der Waals surface area contributed by atoms with Crippen LogP contribution in [0.15, 0.2) is 30.5 Å². The molecule has 0 atom stereocenters. The zero-order chi connectivity index (χ0) is 9.14. The topological polar surface area (TPSA) is 9.23 Å². The largest absolute Gasteiger partial charge is 0.459 e. The van der Waals surface area contributed by atoms with Gasteiger partial charge < -0.3 is 4.74 Å². The van der Waals surface area contributed by atoms with Gasteiger partial charge in [-0.25, -0.2) is 8.78 Å². The fourth-order valence-corrected chi connectivity index (χ4v) is 0.743. The zero-order valence-corrected chi connectivity index (χ0v) is 6.60. The molecule has 0 fully saturated rings. The summed E-state index contributed by atoms with van der Waals surface area (Å²) in [7, 11) is 0. The van der Waals surface area contributed by atoms with Crippen molar-refractivity contribution in [1.29, 1.82) is 0 Å². The molecule has 0 heterocycles. The maximum atomic E-state index is 12.8. The SMILES string of the molecule is C=C(C)Oc1cc(F)ccc1F. The second-order valence-corrected chi connectivity index (χ2v) is 2.38. The third-order valence-electron chi connectivity index (χ3n) is 1.18. The third kappa shape index (κ3) is 2.05. The molecule has 0 unspecified atom stereocenters. The van der Waals surface area contributed by atoms with Gasteiger partial charge in [0, 0.05) is 6.07 Å². The number of halogens is 2. The second-order valence-electron chi connectivity index (χ2n) is 2.38. The Balaban J connectivity index is 2.97. The predicted molar refractivity (Wildman–Crippen MR) is 41.8 cm³/mol. The van der Waals surface area contributed by atoms with Crippen molar-refractivity contribution in [3.63, 3.8) is 0 Å². The Hall–Kier alpha value is -1.38. The summed E-state index contributed by atoms with van der Waals surface area (Å²) in [4.78, 5) is 0. The number of ether oxygens (including phenoxy) is 1. The summed E-state index contributed by atoms with van der Waals surface area (Å²) in [5.41, 5.74) is 0. The van der Waals surface area contributed by atoms with Crippen LogP contribution >= 0.6 is 0 Å². The summed E-state index contributed by atoms with van der Waals surface area (Å²) in [6.45, 7) is 4.97. The van der Waals surface area contributed by atoms with Crippen molar-refractivity contribution in [3.05, 3.63) is 42.2 Å². The smallest absolute Gasteiger partial charge is 0.165 e. The van der Waals surface area contributed by atoms with Crippen LogP contribution in [0.2, 0.25) is 0 Å². The molecule has 0 saturated heterocycles. The van der Waals surface area contributed by atoms with Crippen molar-refractivity contribution in [3.8, 4) is 5.75 Å². The van der Waals surface area contributed by atoms with Crippen LogP contribution in [0.1, 0.15) is 6.92 Å². The van der Waals surface area contributed by atoms with Crippen LogP contribution in [-0.4, -0.2) is 0 Å². The lowest BCUT2D eigenvalue weighted by Crippen LogP contribution is -1.92. The first-order valence-electron chi connectivity index (χ1n) is 3.38. The summed E-state index contributed by atoms with van der Waals surface area (Å²) < 4.78 is 30.1. The molecule has 0 spiro atoms. The standard InChI is InChI=1S/C9H8F2O/c1-6(2)12-9-5-7(10)3-4-8(9)11/h3-5H,1H2,2H3. The Bertz CT molecular complexity index is 307. The lowest BCUT2D eigenvalue weighted by atomic mass is 10.3. The molecule has 1 rings (SSSR count). The van der Waals surface area contributed by atoms with Gasteiger partial charge in [0.1, 0.15) is 5.82 Å². The molecule has 0 aliphatic heterocycles. The fraction of sp³-hybridized carbons (Fsp3) is 0.111. The van der Waals surface area contributed by atoms with Gasteiger partial charge in [0.15, 0.2) is 11.6 Å². The molecule has 64 valence electrons. The highest BCUT2D eigenvalue weighted by Gasteiger charge is 2.04. The van der Waals surface area contributed by atoms with Gasteiger partial charge in [-0.05, 0) is 19.1 Å². The number of allylic oxidation sites excluding steroid dienone is 1. The van der Waals surface area contributed by atoms with Crippen LogP contribution in [0.5, 0.6) is 5.75 Å². The molecule has 0 amide bonds. The van der Waals surface area contributed by atoms with Gasteiger partial charge in [-0.15, -0.1) is 0 Å². The third-order valence-corrected chi connectivity index (χ3v) is 1.18. The molecule has 1 nitrogen and oxygen atoms in total. The van der Waals surface area contributed by atoms with E-state index in [2.05, 4.69) is 6.58 Å². The maximum absolute atomic E-state index is 12.8. The maximum Gasteiger partial charge on any atom is 0.165 e. The Morgan fingerprint density at radius 2 is 2.08 bits per heavy atom. The van der Waals surface area contributed by atoms with E-state index in [9.17, 15) is 8.78 Å². The van der Waals surface area contributed by atoms with E-state index in [4.69, 9.17) is 4.74 Å². The van der Waals surface area contributed by atoms with Gasteiger partial charge in [-0.3, -0.25) is 0 Å². The molecule has 1 aromatic carbocycles. The van der Waals surface area contributed by atoms with Crippen molar-refractivity contribution in [2.75, 3.05) is 0 Å². The van der Waals surface area contributed by atoms with Crippen LogP contribution in [0.25, 0.3) is 0 Å². The van der Waals surface area contributed by atoms with E-state index in [1.807, 2.05) is 0 Å². The van der Waals surface area contributed by atoms with Crippen LogP contribution in [-0.2, 0) is 0 Å². The van der Waals surface area contributed by atoms with E-state index in [-0.39, 0.29) is 5.75 Å². The van der Waals surface area contributed by atoms with Crippen molar-refractivity contribution < 1.29 is 13.5 Å². The number of hydrogen-bond donors (Lipinski definition) is 0. The second kappa shape index (κ2) is 3.34. The zero-order valence-electron chi connectivity index (χ0n) is 6.60. The molecular formula is C9H8F2O. The number of hydrogen-bond acceptors (Lipinski definition) is 1. The molecule has 0 bridgehead atoms. The van der Waals surface area contributed by atoms with E-state index in [1.54, 1.807) is 6.92 Å². The Morgan fingerprint density at radius 1 is 1.42 bits per heavy atom. The van der Waals surface area contributed by atoms with Crippen molar-refractivity contribution in [2.24, 2.45) is 0 Å². The molecule has 0 saturated carbocycles. The molecule has 0 aliphatic rings. The van der Waals surface area contributed by atoms with E-state index in [0.29, 0.717) is 5.76 Å². The van der Waals surface area contributed by atoms with Crippen LogP contribution in [0, 0.1) is 11.6 Å². The minimum absolute atomic E-state index is 0.137. The van der Waals surface area contributed by atoms with E-state index in [0.717, 1.165) is 18.2 Å². The van der Waals surface area contributed by atoms with Crippen LogP contribution in [0.4, 0.5) is 8.78 Å². The molecule has 0 aliphatic carbocycles. The first kappa shape index (κ1) is 8.71. The quantitative estimate of drug-likeness (QED) is 0.620. The highest BCUT2D eigenvalue weighted by Crippen LogP contribution is 2.19. The Labute approximate surface area is 69.3 Å². The highest BCUT2D eigenvalue weighted by atomic mass is 19.1. The van der Waals surface area contributed by atoms with Gasteiger partial charge in [0.2, 0.25) is 0 Å². The van der Waals surface area contributed by atoms with Crippen molar-refractivity contribution in [2.45, 2.75) is 6.92 Å². The minimum atomic E-state index is -0.598. The summed E-state index contributed by atoms with van der Waals surface area (Å²) in [6.07, 6.45) is 0.